The molecule has 0 unspecified atom stereocenters. The molecule has 1 aliphatic rings. The maximum Gasteiger partial charge on any atom is 0.337 e. The predicted molar refractivity (Wildman–Crippen MR) is 142 cm³/mol. The first-order chi connectivity index (χ1) is 18.7. The summed E-state index contributed by atoms with van der Waals surface area (Å²) in [6.07, 6.45) is 0.0959. The Morgan fingerprint density at radius 1 is 0.897 bits per heavy atom. The van der Waals surface area contributed by atoms with Gasteiger partial charge in [-0.3, -0.25) is 14.4 Å². The first-order valence-corrected chi connectivity index (χ1v) is 12.0. The second-order valence-electron chi connectivity index (χ2n) is 8.45. The predicted octanol–water partition coefficient (Wildman–Crippen LogP) is 3.47. The lowest BCUT2D eigenvalue weighted by atomic mass is 10.1. The largest absolute Gasteiger partial charge is 0.478 e. The minimum Gasteiger partial charge on any atom is -0.478 e. The van der Waals surface area contributed by atoms with Gasteiger partial charge in [0.1, 0.15) is 10.7 Å². The number of amides is 3. The van der Waals surface area contributed by atoms with Crippen molar-refractivity contribution in [3.63, 3.8) is 0 Å². The van der Waals surface area contributed by atoms with Gasteiger partial charge in [0.25, 0.3) is 11.8 Å². The van der Waals surface area contributed by atoms with Crippen LogP contribution in [0, 0.1) is 0 Å². The quantitative estimate of drug-likeness (QED) is 0.273. The molecule has 4 rings (SSSR count). The van der Waals surface area contributed by atoms with Crippen LogP contribution in [0.1, 0.15) is 31.8 Å². The number of rotatable bonds is 9. The van der Waals surface area contributed by atoms with Gasteiger partial charge in [-0.2, -0.15) is 0 Å². The van der Waals surface area contributed by atoms with Gasteiger partial charge in [-0.15, -0.1) is 0 Å². The molecule has 0 fully saturated rings. The number of carboxylic acids is 1. The van der Waals surface area contributed by atoms with E-state index >= 15 is 0 Å². The molecule has 11 heteroatoms. The average Bonchev–Trinajstić information content (AvgIpc) is 3.15. The molecule has 0 aromatic heterocycles. The number of hydrogen-bond donors (Lipinski definition) is 3. The number of ether oxygens (including phenoxy) is 1. The fourth-order valence-corrected chi connectivity index (χ4v) is 4.01. The van der Waals surface area contributed by atoms with Crippen molar-refractivity contribution in [2.75, 3.05) is 17.3 Å². The first-order valence-electron chi connectivity index (χ1n) is 11.6. The molecule has 0 saturated carbocycles. The molecule has 3 aromatic rings. The van der Waals surface area contributed by atoms with Gasteiger partial charge in [-0.1, -0.05) is 41.9 Å². The Morgan fingerprint density at radius 3 is 2.21 bits per heavy atom. The van der Waals surface area contributed by atoms with Crippen LogP contribution >= 0.6 is 11.6 Å². The fourth-order valence-electron chi connectivity index (χ4n) is 3.80. The topological polar surface area (TPSA) is 142 Å². The minimum absolute atomic E-state index is 0.0959. The highest BCUT2D eigenvalue weighted by molar-refractivity contribution is 6.53. The number of carbonyl (C=O) groups is 5. The lowest BCUT2D eigenvalue weighted by Crippen LogP contribution is -2.32. The molecule has 0 bridgehead atoms. The van der Waals surface area contributed by atoms with Crippen LogP contribution in [0.2, 0.25) is 0 Å². The van der Waals surface area contributed by atoms with Crippen LogP contribution in [0.25, 0.3) is 0 Å². The highest BCUT2D eigenvalue weighted by atomic mass is 35.5. The zero-order valence-electron chi connectivity index (χ0n) is 20.6. The van der Waals surface area contributed by atoms with Gasteiger partial charge in [0.05, 0.1) is 30.3 Å². The molecule has 10 nitrogen and oxygen atoms in total. The van der Waals surface area contributed by atoms with Crippen molar-refractivity contribution in [2.24, 2.45) is 0 Å². The number of carboxylic acid groups (broad SMARTS) is 1. The molecule has 3 N–H and O–H groups in total. The van der Waals surface area contributed by atoms with E-state index in [0.29, 0.717) is 11.3 Å². The summed E-state index contributed by atoms with van der Waals surface area (Å²) in [7, 11) is 1.23. The highest BCUT2D eigenvalue weighted by Crippen LogP contribution is 2.30. The van der Waals surface area contributed by atoms with E-state index in [2.05, 4.69) is 15.4 Å². The van der Waals surface area contributed by atoms with E-state index in [4.69, 9.17) is 16.7 Å². The van der Waals surface area contributed by atoms with Gasteiger partial charge in [0.15, 0.2) is 0 Å². The third-order valence-electron chi connectivity index (χ3n) is 5.83. The van der Waals surface area contributed by atoms with Crippen molar-refractivity contribution >= 4 is 52.6 Å². The Kier molecular flexibility index (Phi) is 8.07. The van der Waals surface area contributed by atoms with Crippen molar-refractivity contribution in [3.05, 3.63) is 106 Å². The van der Waals surface area contributed by atoms with Crippen LogP contribution in [0.4, 0.5) is 11.4 Å². The summed E-state index contributed by atoms with van der Waals surface area (Å²) in [6.45, 7) is 0.250. The number of benzene rings is 3. The van der Waals surface area contributed by atoms with Crippen LogP contribution in [-0.2, 0) is 32.1 Å². The molecule has 0 spiro atoms. The lowest BCUT2D eigenvalue weighted by Gasteiger charge is -2.16. The molecule has 0 atom stereocenters. The summed E-state index contributed by atoms with van der Waals surface area (Å²) in [4.78, 5) is 61.8. The number of imide groups is 1. The maximum atomic E-state index is 13.0. The van der Waals surface area contributed by atoms with E-state index in [1.165, 1.54) is 43.5 Å². The van der Waals surface area contributed by atoms with E-state index in [-0.39, 0.29) is 46.4 Å². The summed E-state index contributed by atoms with van der Waals surface area (Å²) in [6, 6.07) is 18.8. The Balaban J connectivity index is 1.37. The van der Waals surface area contributed by atoms with E-state index in [9.17, 15) is 24.0 Å². The Hall–Kier alpha value is -4.96. The zero-order chi connectivity index (χ0) is 28.1. The molecule has 198 valence electrons. The van der Waals surface area contributed by atoms with Gasteiger partial charge in [0.2, 0.25) is 5.91 Å². The molecule has 3 amide bonds. The lowest BCUT2D eigenvalue weighted by molar-refractivity contribution is -0.121. The number of anilines is 2. The fraction of sp³-hybridized carbons (Fsp3) is 0.107. The van der Waals surface area contributed by atoms with E-state index in [0.717, 1.165) is 10.5 Å². The van der Waals surface area contributed by atoms with Crippen LogP contribution in [-0.4, -0.2) is 41.9 Å². The molecule has 39 heavy (non-hydrogen) atoms. The highest BCUT2D eigenvalue weighted by Gasteiger charge is 2.39. The third kappa shape index (κ3) is 6.13. The van der Waals surface area contributed by atoms with Crippen molar-refractivity contribution in [1.82, 2.24) is 5.32 Å². The summed E-state index contributed by atoms with van der Waals surface area (Å²) in [5.74, 6) is -3.29. The van der Waals surface area contributed by atoms with Crippen LogP contribution in [0.5, 0.6) is 0 Å². The molecule has 0 saturated heterocycles. The Bertz CT molecular complexity index is 1500. The van der Waals surface area contributed by atoms with Gasteiger partial charge in [-0.25, -0.2) is 14.5 Å². The number of aromatic carboxylic acids is 1. The smallest absolute Gasteiger partial charge is 0.337 e. The molecule has 1 heterocycles. The SMILES string of the molecule is COC(=O)c1cccc(N2C(=O)C(Cl)=C(Nc3ccc(CC(=O)NCc4ccc(C(=O)O)cc4)cc3)C2=O)c1. The summed E-state index contributed by atoms with van der Waals surface area (Å²) >= 11 is 6.19. The molecular formula is C28H22ClN3O7. The molecule has 3 aromatic carbocycles. The number of hydrogen-bond acceptors (Lipinski definition) is 7. The standard InChI is InChI=1S/C28H22ClN3O7/c1-39-28(38)19-3-2-4-21(14-19)32-25(34)23(29)24(26(32)35)31-20-11-7-16(8-12-20)13-22(33)30-15-17-5-9-18(10-6-17)27(36)37/h2-12,14,31H,13,15H2,1H3,(H,30,33)(H,36,37). The van der Waals surface area contributed by atoms with Crippen LogP contribution < -0.4 is 15.5 Å². The van der Waals surface area contributed by atoms with E-state index in [1.807, 2.05) is 0 Å². The maximum absolute atomic E-state index is 13.0. The number of halogens is 1. The van der Waals surface area contributed by atoms with Crippen molar-refractivity contribution < 1.29 is 33.8 Å². The Morgan fingerprint density at radius 2 is 1.56 bits per heavy atom. The van der Waals surface area contributed by atoms with E-state index < -0.39 is 23.8 Å². The molecule has 0 aliphatic carbocycles. The zero-order valence-corrected chi connectivity index (χ0v) is 21.3. The van der Waals surface area contributed by atoms with Crippen molar-refractivity contribution in [3.8, 4) is 0 Å². The summed E-state index contributed by atoms with van der Waals surface area (Å²) in [5, 5.41) is 14.3. The average molecular weight is 548 g/mol. The first kappa shape index (κ1) is 27.1. The van der Waals surface area contributed by atoms with Crippen LogP contribution in [0.15, 0.2) is 83.5 Å². The van der Waals surface area contributed by atoms with Crippen molar-refractivity contribution in [2.45, 2.75) is 13.0 Å². The number of methoxy groups -OCH3 is 1. The molecule has 0 radical (unpaired) electrons. The number of carbonyl (C=O) groups excluding carboxylic acids is 4. The van der Waals surface area contributed by atoms with Crippen molar-refractivity contribution in [1.29, 1.82) is 0 Å². The van der Waals surface area contributed by atoms with Gasteiger partial charge in [0, 0.05) is 12.2 Å². The monoisotopic (exact) mass is 547 g/mol. The summed E-state index contributed by atoms with van der Waals surface area (Å²) in [5.41, 5.74) is 2.32. The summed E-state index contributed by atoms with van der Waals surface area (Å²) < 4.78 is 4.69. The normalized spacial score (nSPS) is 12.9. The van der Waals surface area contributed by atoms with Gasteiger partial charge in [-0.05, 0) is 53.6 Å². The molecule has 1 aliphatic heterocycles. The third-order valence-corrected chi connectivity index (χ3v) is 6.18. The van der Waals surface area contributed by atoms with Gasteiger partial charge < -0.3 is 20.5 Å². The Labute approximate surface area is 227 Å². The number of esters is 1. The second kappa shape index (κ2) is 11.6. The minimum atomic E-state index is -1.02. The number of nitrogens with one attached hydrogen (secondary N) is 2. The van der Waals surface area contributed by atoms with Crippen LogP contribution in [0.3, 0.4) is 0 Å². The number of nitrogens with zero attached hydrogens (tertiary/aromatic N) is 1. The van der Waals surface area contributed by atoms with Gasteiger partial charge >= 0.3 is 11.9 Å². The second-order valence-corrected chi connectivity index (χ2v) is 8.83. The van der Waals surface area contributed by atoms with E-state index in [1.54, 1.807) is 36.4 Å². The molecular weight excluding hydrogens is 526 g/mol.